The van der Waals surface area contributed by atoms with Crippen molar-refractivity contribution in [3.63, 3.8) is 0 Å². The topological polar surface area (TPSA) is 92.9 Å². The lowest BCUT2D eigenvalue weighted by molar-refractivity contribution is 0.122. The van der Waals surface area contributed by atoms with E-state index < -0.39 is 0 Å². The molecule has 1 aromatic heterocycles. The molecule has 0 saturated carbocycles. The fraction of sp³-hybridized carbons (Fsp3) is 0.185. The summed E-state index contributed by atoms with van der Waals surface area (Å²) < 4.78 is 1.32. The van der Waals surface area contributed by atoms with Gasteiger partial charge in [0.05, 0.1) is 22.7 Å². The van der Waals surface area contributed by atoms with E-state index in [1.807, 2.05) is 73.7 Å². The molecule has 0 radical (unpaired) electrons. The van der Waals surface area contributed by atoms with Gasteiger partial charge in [0.15, 0.2) is 12.4 Å². The molecular formula is C27H26N6O2. The lowest BCUT2D eigenvalue weighted by atomic mass is 9.96. The van der Waals surface area contributed by atoms with Crippen molar-refractivity contribution >= 4 is 22.8 Å². The highest BCUT2D eigenvalue weighted by molar-refractivity contribution is 5.98. The smallest absolute Gasteiger partial charge is 0.282 e. The van der Waals surface area contributed by atoms with Crippen LogP contribution in [0.5, 0.6) is 0 Å². The monoisotopic (exact) mass is 466 g/mol. The normalized spacial score (nSPS) is 18.4. The van der Waals surface area contributed by atoms with Crippen LogP contribution in [-0.4, -0.2) is 28.1 Å². The summed E-state index contributed by atoms with van der Waals surface area (Å²) in [6, 6.07) is 27.2. The first kappa shape index (κ1) is 22.6. The van der Waals surface area contributed by atoms with Gasteiger partial charge in [0.1, 0.15) is 0 Å². The van der Waals surface area contributed by atoms with E-state index in [2.05, 4.69) is 38.2 Å². The summed E-state index contributed by atoms with van der Waals surface area (Å²) in [7, 11) is 0. The van der Waals surface area contributed by atoms with Crippen LogP contribution in [0.1, 0.15) is 29.9 Å². The molecule has 5 rings (SSSR count). The zero-order chi connectivity index (χ0) is 24.0. The highest BCUT2D eigenvalue weighted by Gasteiger charge is 2.27. The van der Waals surface area contributed by atoms with Gasteiger partial charge in [0.2, 0.25) is 0 Å². The molecule has 0 bridgehead atoms. The molecule has 1 aliphatic rings. The minimum absolute atomic E-state index is 0.00483. The second-order valence-electron chi connectivity index (χ2n) is 8.32. The number of hydrogen-bond donors (Lipinski definition) is 2. The maximum absolute atomic E-state index is 13.3. The average Bonchev–Trinajstić information content (AvgIpc) is 3.38. The Morgan fingerprint density at radius 2 is 1.77 bits per heavy atom. The summed E-state index contributed by atoms with van der Waals surface area (Å²) >= 11 is 0. The number of hydrazine groups is 1. The third-order valence-electron chi connectivity index (χ3n) is 5.96. The summed E-state index contributed by atoms with van der Waals surface area (Å²) in [5.74, 6) is 0.424. The van der Waals surface area contributed by atoms with E-state index in [1.54, 1.807) is 12.3 Å². The molecule has 0 amide bonds. The second kappa shape index (κ2) is 10.4. The molecule has 4 aromatic rings. The minimum Gasteiger partial charge on any atom is -0.387 e. The molecule has 35 heavy (non-hydrogen) atoms. The maximum Gasteiger partial charge on any atom is 0.282 e. The number of hydrogen-bond acceptors (Lipinski definition) is 7. The molecule has 176 valence electrons. The maximum atomic E-state index is 13.3. The van der Waals surface area contributed by atoms with Gasteiger partial charge in [0, 0.05) is 18.7 Å². The van der Waals surface area contributed by atoms with Crippen LogP contribution in [0, 0.1) is 5.92 Å². The number of rotatable bonds is 7. The number of oxime groups is 1. The lowest BCUT2D eigenvalue weighted by Gasteiger charge is -2.15. The predicted octanol–water partition coefficient (Wildman–Crippen LogP) is 3.64. The first-order valence-electron chi connectivity index (χ1n) is 11.5. The van der Waals surface area contributed by atoms with E-state index >= 15 is 0 Å². The molecule has 1 saturated heterocycles. The third-order valence-corrected chi connectivity index (χ3v) is 5.96. The molecule has 2 N–H and O–H groups in total. The van der Waals surface area contributed by atoms with Crippen molar-refractivity contribution in [1.82, 2.24) is 20.5 Å². The van der Waals surface area contributed by atoms with E-state index in [0.717, 1.165) is 16.8 Å². The van der Waals surface area contributed by atoms with E-state index in [0.29, 0.717) is 23.3 Å². The predicted molar refractivity (Wildman–Crippen MR) is 137 cm³/mol. The van der Waals surface area contributed by atoms with Gasteiger partial charge < -0.3 is 4.84 Å². The van der Waals surface area contributed by atoms with Gasteiger partial charge >= 0.3 is 0 Å². The van der Waals surface area contributed by atoms with Crippen LogP contribution in [0.3, 0.4) is 0 Å². The van der Waals surface area contributed by atoms with E-state index in [1.165, 1.54) is 4.68 Å². The summed E-state index contributed by atoms with van der Waals surface area (Å²) in [5, 5.41) is 9.30. The van der Waals surface area contributed by atoms with Crippen LogP contribution in [0.4, 0.5) is 0 Å². The fourth-order valence-electron chi connectivity index (χ4n) is 4.09. The summed E-state index contributed by atoms with van der Waals surface area (Å²) in [5.41, 5.74) is 9.67. The van der Waals surface area contributed by atoms with Gasteiger partial charge in [-0.15, -0.1) is 0 Å². The molecule has 8 nitrogen and oxygen atoms in total. The Morgan fingerprint density at radius 1 is 1.06 bits per heavy atom. The van der Waals surface area contributed by atoms with Gasteiger partial charge in [-0.05, 0) is 30.2 Å². The SMILES string of the molecule is C/C(=N\OCc1nc2ccccc2c(=O)n1/N=C/C1CNNC1c1ccccc1)c1ccccc1. The molecule has 2 unspecified atom stereocenters. The van der Waals surface area contributed by atoms with Crippen LogP contribution < -0.4 is 16.4 Å². The van der Waals surface area contributed by atoms with Crippen molar-refractivity contribution < 1.29 is 4.84 Å². The first-order valence-corrected chi connectivity index (χ1v) is 11.5. The minimum atomic E-state index is -0.246. The van der Waals surface area contributed by atoms with Gasteiger partial charge in [-0.3, -0.25) is 10.2 Å². The van der Waals surface area contributed by atoms with Gasteiger partial charge in [0.25, 0.3) is 5.56 Å². The zero-order valence-electron chi connectivity index (χ0n) is 19.3. The van der Waals surface area contributed by atoms with Crippen molar-refractivity contribution in [1.29, 1.82) is 0 Å². The molecule has 0 spiro atoms. The summed E-state index contributed by atoms with van der Waals surface area (Å²) in [4.78, 5) is 23.6. The van der Waals surface area contributed by atoms with E-state index in [4.69, 9.17) is 4.84 Å². The number of para-hydroxylation sites is 1. The Bertz CT molecular complexity index is 1420. The van der Waals surface area contributed by atoms with Gasteiger partial charge in [-0.1, -0.05) is 78.0 Å². The Labute approximate surface area is 202 Å². The molecule has 1 aliphatic heterocycles. The van der Waals surface area contributed by atoms with Gasteiger partial charge in [-0.25, -0.2) is 10.4 Å². The standard InChI is InChI=1S/C27H26N6O2/c1-19(20-10-4-2-5-11-20)32-35-18-25-30-24-15-9-8-14-23(24)27(34)33(25)29-17-22-16-28-31-26(22)21-12-6-3-7-13-21/h2-15,17,22,26,28,31H,16,18H2,1H3/b29-17+,32-19+. The Hall–Kier alpha value is -4.14. The summed E-state index contributed by atoms with van der Waals surface area (Å²) in [6.07, 6.45) is 1.80. The molecule has 0 aliphatic carbocycles. The highest BCUT2D eigenvalue weighted by atomic mass is 16.6. The zero-order valence-corrected chi connectivity index (χ0v) is 19.3. The van der Waals surface area contributed by atoms with E-state index in [9.17, 15) is 4.79 Å². The number of fused-ring (bicyclic) bond motifs is 1. The molecular weight excluding hydrogens is 440 g/mol. The number of nitrogens with zero attached hydrogens (tertiary/aromatic N) is 4. The molecule has 3 aromatic carbocycles. The van der Waals surface area contributed by atoms with Crippen molar-refractivity contribution in [3.05, 3.63) is 112 Å². The van der Waals surface area contributed by atoms with Crippen molar-refractivity contribution in [2.75, 3.05) is 6.54 Å². The lowest BCUT2D eigenvalue weighted by Crippen LogP contribution is -2.25. The van der Waals surface area contributed by atoms with Crippen LogP contribution >= 0.6 is 0 Å². The highest BCUT2D eigenvalue weighted by Crippen LogP contribution is 2.23. The van der Waals surface area contributed by atoms with Crippen LogP contribution in [-0.2, 0) is 11.4 Å². The van der Waals surface area contributed by atoms with Crippen molar-refractivity contribution in [2.24, 2.45) is 16.2 Å². The Balaban J connectivity index is 1.44. The molecule has 2 atom stereocenters. The number of nitrogens with one attached hydrogen (secondary N) is 2. The van der Waals surface area contributed by atoms with Crippen molar-refractivity contribution in [3.8, 4) is 0 Å². The van der Waals surface area contributed by atoms with Crippen LogP contribution in [0.15, 0.2) is 100.0 Å². The summed E-state index contributed by atoms with van der Waals surface area (Å²) in [6.45, 7) is 2.56. The largest absolute Gasteiger partial charge is 0.387 e. The average molecular weight is 467 g/mol. The fourth-order valence-corrected chi connectivity index (χ4v) is 4.09. The molecule has 2 heterocycles. The quantitative estimate of drug-likeness (QED) is 0.321. The molecule has 8 heteroatoms. The molecule has 1 fully saturated rings. The Morgan fingerprint density at radius 3 is 2.57 bits per heavy atom. The Kier molecular flexibility index (Phi) is 6.74. The number of benzene rings is 3. The van der Waals surface area contributed by atoms with Crippen LogP contribution in [0.25, 0.3) is 10.9 Å². The number of aromatic nitrogens is 2. The van der Waals surface area contributed by atoms with Gasteiger partial charge in [-0.2, -0.15) is 9.78 Å². The van der Waals surface area contributed by atoms with Crippen molar-refractivity contribution in [2.45, 2.75) is 19.6 Å². The first-order chi connectivity index (χ1) is 17.2. The van der Waals surface area contributed by atoms with Crippen LogP contribution in [0.2, 0.25) is 0 Å². The third kappa shape index (κ3) is 5.03. The second-order valence-corrected chi connectivity index (χ2v) is 8.32. The van der Waals surface area contributed by atoms with E-state index in [-0.39, 0.29) is 24.1 Å².